The number of ether oxygens (including phenoxy) is 1. The molecule has 0 aliphatic carbocycles. The number of piperidine rings is 1. The van der Waals surface area contributed by atoms with Gasteiger partial charge in [0, 0.05) is 30.1 Å². The summed E-state index contributed by atoms with van der Waals surface area (Å²) in [7, 11) is 0. The predicted octanol–water partition coefficient (Wildman–Crippen LogP) is 3.41. The highest BCUT2D eigenvalue weighted by Gasteiger charge is 2.23. The SMILES string of the molecule is Cc1csc(C2CCCN(CCOc3ccccc3C(=O)O)C2)n1. The minimum absolute atomic E-state index is 0.215. The molecule has 1 saturated heterocycles. The number of aryl methyl sites for hydroxylation is 1. The first-order valence-electron chi connectivity index (χ1n) is 8.23. The highest BCUT2D eigenvalue weighted by atomic mass is 32.1. The summed E-state index contributed by atoms with van der Waals surface area (Å²) in [5, 5.41) is 12.5. The van der Waals surface area contributed by atoms with Crippen LogP contribution in [0.1, 0.15) is 39.8 Å². The van der Waals surface area contributed by atoms with E-state index in [2.05, 4.69) is 15.3 Å². The van der Waals surface area contributed by atoms with Crippen molar-refractivity contribution in [3.05, 3.63) is 45.9 Å². The molecule has 1 N–H and O–H groups in total. The molecule has 0 radical (unpaired) electrons. The third-order valence-electron chi connectivity index (χ3n) is 4.27. The maximum Gasteiger partial charge on any atom is 0.339 e. The van der Waals surface area contributed by atoms with E-state index in [1.807, 2.05) is 6.92 Å². The van der Waals surface area contributed by atoms with Gasteiger partial charge in [0.05, 0.1) is 5.01 Å². The summed E-state index contributed by atoms with van der Waals surface area (Å²) in [4.78, 5) is 18.2. The summed E-state index contributed by atoms with van der Waals surface area (Å²) in [5.74, 6) is -0.0133. The summed E-state index contributed by atoms with van der Waals surface area (Å²) >= 11 is 1.75. The fourth-order valence-electron chi connectivity index (χ4n) is 3.07. The van der Waals surface area contributed by atoms with Crippen molar-refractivity contribution in [2.45, 2.75) is 25.7 Å². The lowest BCUT2D eigenvalue weighted by molar-refractivity contribution is 0.0691. The average Bonchev–Trinajstić information content (AvgIpc) is 3.02. The second-order valence-corrected chi connectivity index (χ2v) is 7.01. The molecular formula is C18H22N2O3S. The standard InChI is InChI=1S/C18H22N2O3S/c1-13-12-24-17(19-13)14-5-4-8-20(11-14)9-10-23-16-7-3-2-6-15(16)18(21)22/h2-3,6-7,12,14H,4-5,8-11H2,1H3,(H,21,22). The number of carboxylic acids is 1. The first kappa shape index (κ1) is 16.9. The molecule has 1 aromatic carbocycles. The van der Waals surface area contributed by atoms with Gasteiger partial charge in [-0.3, -0.25) is 4.90 Å². The summed E-state index contributed by atoms with van der Waals surface area (Å²) < 4.78 is 5.71. The first-order valence-corrected chi connectivity index (χ1v) is 9.11. The van der Waals surface area contributed by atoms with Gasteiger partial charge in [0.15, 0.2) is 0 Å². The van der Waals surface area contributed by atoms with Crippen LogP contribution in [0.4, 0.5) is 0 Å². The smallest absolute Gasteiger partial charge is 0.339 e. The Labute approximate surface area is 145 Å². The number of benzene rings is 1. The van der Waals surface area contributed by atoms with Crippen LogP contribution in [-0.4, -0.2) is 47.2 Å². The van der Waals surface area contributed by atoms with Gasteiger partial charge in [0.25, 0.3) is 0 Å². The van der Waals surface area contributed by atoms with Crippen molar-refractivity contribution < 1.29 is 14.6 Å². The Kier molecular flexibility index (Phi) is 5.48. The zero-order chi connectivity index (χ0) is 16.9. The molecule has 1 unspecified atom stereocenters. The maximum absolute atomic E-state index is 11.2. The number of thiazole rings is 1. The van der Waals surface area contributed by atoms with Gasteiger partial charge >= 0.3 is 5.97 Å². The number of nitrogens with zero attached hydrogens (tertiary/aromatic N) is 2. The topological polar surface area (TPSA) is 62.7 Å². The molecular weight excluding hydrogens is 324 g/mol. The number of carboxylic acid groups (broad SMARTS) is 1. The summed E-state index contributed by atoms with van der Waals surface area (Å²) in [6.45, 7) is 5.39. The van der Waals surface area contributed by atoms with Crippen LogP contribution in [0.2, 0.25) is 0 Å². The Morgan fingerprint density at radius 2 is 2.29 bits per heavy atom. The summed E-state index contributed by atoms with van der Waals surface area (Å²) in [5.41, 5.74) is 1.31. The average molecular weight is 346 g/mol. The van der Waals surface area contributed by atoms with Crippen LogP contribution in [0.3, 0.4) is 0 Å². The molecule has 0 amide bonds. The number of carbonyl (C=O) groups is 1. The van der Waals surface area contributed by atoms with Crippen LogP contribution in [0, 0.1) is 6.92 Å². The van der Waals surface area contributed by atoms with Gasteiger partial charge in [-0.15, -0.1) is 11.3 Å². The predicted molar refractivity (Wildman–Crippen MR) is 94.2 cm³/mol. The Morgan fingerprint density at radius 1 is 1.46 bits per heavy atom. The van der Waals surface area contributed by atoms with Crippen molar-refractivity contribution in [3.8, 4) is 5.75 Å². The van der Waals surface area contributed by atoms with E-state index in [4.69, 9.17) is 4.74 Å². The van der Waals surface area contributed by atoms with Crippen molar-refractivity contribution in [2.75, 3.05) is 26.2 Å². The number of hydrogen-bond acceptors (Lipinski definition) is 5. The van der Waals surface area contributed by atoms with E-state index in [9.17, 15) is 9.90 Å². The highest BCUT2D eigenvalue weighted by Crippen LogP contribution is 2.29. The monoisotopic (exact) mass is 346 g/mol. The zero-order valence-corrected chi connectivity index (χ0v) is 14.6. The number of para-hydroxylation sites is 1. The van der Waals surface area contributed by atoms with Gasteiger partial charge < -0.3 is 9.84 Å². The zero-order valence-electron chi connectivity index (χ0n) is 13.8. The van der Waals surface area contributed by atoms with Gasteiger partial charge in [-0.25, -0.2) is 9.78 Å². The van der Waals surface area contributed by atoms with E-state index in [1.165, 1.54) is 11.4 Å². The third kappa shape index (κ3) is 4.13. The Balaban J connectivity index is 1.53. The number of aromatic carboxylic acids is 1. The highest BCUT2D eigenvalue weighted by molar-refractivity contribution is 7.09. The molecule has 2 aromatic rings. The maximum atomic E-state index is 11.2. The normalized spacial score (nSPS) is 18.5. The Bertz CT molecular complexity index is 701. The number of likely N-dealkylation sites (tertiary alicyclic amines) is 1. The lowest BCUT2D eigenvalue weighted by atomic mass is 9.99. The quantitative estimate of drug-likeness (QED) is 0.868. The van der Waals surface area contributed by atoms with Crippen LogP contribution in [0.5, 0.6) is 5.75 Å². The van der Waals surface area contributed by atoms with Crippen LogP contribution in [-0.2, 0) is 0 Å². The molecule has 2 heterocycles. The number of aromatic nitrogens is 1. The van der Waals surface area contributed by atoms with E-state index in [0.717, 1.165) is 31.7 Å². The minimum Gasteiger partial charge on any atom is -0.491 e. The van der Waals surface area contributed by atoms with Crippen LogP contribution in [0.25, 0.3) is 0 Å². The summed E-state index contributed by atoms with van der Waals surface area (Å²) in [6.07, 6.45) is 2.35. The molecule has 1 aliphatic rings. The molecule has 5 nitrogen and oxygen atoms in total. The van der Waals surface area contributed by atoms with Crippen molar-refractivity contribution in [1.29, 1.82) is 0 Å². The fourth-order valence-corrected chi connectivity index (χ4v) is 4.00. The van der Waals surface area contributed by atoms with E-state index in [0.29, 0.717) is 18.3 Å². The van der Waals surface area contributed by atoms with Crippen molar-refractivity contribution >= 4 is 17.3 Å². The van der Waals surface area contributed by atoms with Crippen molar-refractivity contribution in [2.24, 2.45) is 0 Å². The fraction of sp³-hybridized carbons (Fsp3) is 0.444. The first-order chi connectivity index (χ1) is 11.6. The minimum atomic E-state index is -0.956. The van der Waals surface area contributed by atoms with E-state index in [1.54, 1.807) is 35.6 Å². The largest absolute Gasteiger partial charge is 0.491 e. The van der Waals surface area contributed by atoms with Gasteiger partial charge in [0.1, 0.15) is 17.9 Å². The van der Waals surface area contributed by atoms with Crippen molar-refractivity contribution in [3.63, 3.8) is 0 Å². The van der Waals surface area contributed by atoms with Crippen molar-refractivity contribution in [1.82, 2.24) is 9.88 Å². The lowest BCUT2D eigenvalue weighted by Crippen LogP contribution is -2.37. The van der Waals surface area contributed by atoms with Crippen LogP contribution < -0.4 is 4.74 Å². The second kappa shape index (κ2) is 7.77. The number of hydrogen-bond donors (Lipinski definition) is 1. The molecule has 1 fully saturated rings. The Hall–Kier alpha value is -1.92. The lowest BCUT2D eigenvalue weighted by Gasteiger charge is -2.31. The third-order valence-corrected chi connectivity index (χ3v) is 5.40. The molecule has 0 saturated carbocycles. The molecule has 1 aromatic heterocycles. The van der Waals surface area contributed by atoms with Gasteiger partial charge in [-0.1, -0.05) is 12.1 Å². The molecule has 6 heteroatoms. The van der Waals surface area contributed by atoms with Crippen LogP contribution >= 0.6 is 11.3 Å². The molecule has 0 bridgehead atoms. The molecule has 1 atom stereocenters. The molecule has 3 rings (SSSR count). The summed E-state index contributed by atoms with van der Waals surface area (Å²) in [6, 6.07) is 6.78. The number of rotatable bonds is 6. The van der Waals surface area contributed by atoms with E-state index in [-0.39, 0.29) is 5.56 Å². The molecule has 128 valence electrons. The van der Waals surface area contributed by atoms with E-state index >= 15 is 0 Å². The van der Waals surface area contributed by atoms with Gasteiger partial charge in [-0.2, -0.15) is 0 Å². The van der Waals surface area contributed by atoms with E-state index < -0.39 is 5.97 Å². The van der Waals surface area contributed by atoms with Gasteiger partial charge in [-0.05, 0) is 38.4 Å². The van der Waals surface area contributed by atoms with Gasteiger partial charge in [0.2, 0.25) is 0 Å². The Morgan fingerprint density at radius 3 is 3.04 bits per heavy atom. The van der Waals surface area contributed by atoms with Crippen LogP contribution in [0.15, 0.2) is 29.6 Å². The second-order valence-electron chi connectivity index (χ2n) is 6.12. The molecule has 24 heavy (non-hydrogen) atoms. The molecule has 0 spiro atoms. The molecule has 1 aliphatic heterocycles.